The molecule has 0 aliphatic carbocycles. The molecular formula is C23H35NO9S. The van der Waals surface area contributed by atoms with Crippen molar-refractivity contribution in [2.75, 3.05) is 20.8 Å². The molecule has 0 saturated carbocycles. The van der Waals surface area contributed by atoms with E-state index in [0.29, 0.717) is 12.8 Å². The first-order valence-electron chi connectivity index (χ1n) is 10.9. The van der Waals surface area contributed by atoms with Crippen LogP contribution in [0.15, 0.2) is 29.2 Å². The average Bonchev–Trinajstić information content (AvgIpc) is 2.75. The average molecular weight is 502 g/mol. The first-order valence-corrected chi connectivity index (χ1v) is 12.3. The van der Waals surface area contributed by atoms with Gasteiger partial charge in [0.05, 0.1) is 31.6 Å². The number of alkyl carbamates (subject to hydrolysis) is 1. The fourth-order valence-corrected chi connectivity index (χ4v) is 3.97. The molecule has 1 amide bonds. The lowest BCUT2D eigenvalue weighted by Gasteiger charge is -2.24. The van der Waals surface area contributed by atoms with Gasteiger partial charge in [0.15, 0.2) is 0 Å². The summed E-state index contributed by atoms with van der Waals surface area (Å²) < 4.78 is 44.3. The van der Waals surface area contributed by atoms with E-state index in [2.05, 4.69) is 5.32 Å². The number of hydrogen-bond donors (Lipinski definition) is 1. The fourth-order valence-electron chi connectivity index (χ4n) is 3.02. The van der Waals surface area contributed by atoms with E-state index in [4.69, 9.17) is 18.4 Å². The monoisotopic (exact) mass is 501 g/mol. The summed E-state index contributed by atoms with van der Waals surface area (Å²) in [5.74, 6) is -2.03. The molecule has 0 aliphatic heterocycles. The number of esters is 2. The van der Waals surface area contributed by atoms with Crippen LogP contribution in [0.2, 0.25) is 0 Å². The number of rotatable bonds is 12. The zero-order valence-electron chi connectivity index (χ0n) is 20.6. The second-order valence-electron chi connectivity index (χ2n) is 8.76. The number of amides is 1. The molecule has 0 aliphatic rings. The quantitative estimate of drug-likeness (QED) is 0.198. The number of benzene rings is 1. The molecule has 1 aromatic carbocycles. The third-order valence-corrected chi connectivity index (χ3v) is 6.05. The highest BCUT2D eigenvalue weighted by Crippen LogP contribution is 2.20. The number of carbonyl (C=O) groups excluding carboxylic acids is 3. The Bertz CT molecular complexity index is 921. The number of carbonyl (C=O) groups is 3. The van der Waals surface area contributed by atoms with Crippen molar-refractivity contribution in [1.29, 1.82) is 0 Å². The van der Waals surface area contributed by atoms with Crippen molar-refractivity contribution in [2.45, 2.75) is 69.9 Å². The summed E-state index contributed by atoms with van der Waals surface area (Å²) in [6, 6.07) is 5.19. The van der Waals surface area contributed by atoms with Crippen molar-refractivity contribution in [3.63, 3.8) is 0 Å². The molecule has 2 atom stereocenters. The van der Waals surface area contributed by atoms with E-state index in [-0.39, 0.29) is 24.3 Å². The topological polar surface area (TPSA) is 134 Å². The van der Waals surface area contributed by atoms with Gasteiger partial charge < -0.3 is 19.5 Å². The Morgan fingerprint density at radius 3 is 2.09 bits per heavy atom. The lowest BCUT2D eigenvalue weighted by atomic mass is 9.94. The predicted molar refractivity (Wildman–Crippen MR) is 123 cm³/mol. The highest BCUT2D eigenvalue weighted by Gasteiger charge is 2.31. The van der Waals surface area contributed by atoms with Crippen LogP contribution in [0.25, 0.3) is 0 Å². The first-order chi connectivity index (χ1) is 15.8. The molecule has 192 valence electrons. The minimum absolute atomic E-state index is 0.0683. The summed E-state index contributed by atoms with van der Waals surface area (Å²) in [6.07, 6.45) is 0.164. The van der Waals surface area contributed by atoms with Gasteiger partial charge in [0, 0.05) is 0 Å². The lowest BCUT2D eigenvalue weighted by molar-refractivity contribution is -0.148. The normalized spacial score (nSPS) is 13.5. The number of nitrogens with one attached hydrogen (secondary N) is 1. The van der Waals surface area contributed by atoms with E-state index in [9.17, 15) is 22.8 Å². The van der Waals surface area contributed by atoms with Gasteiger partial charge in [-0.1, -0.05) is 24.1 Å². The van der Waals surface area contributed by atoms with E-state index in [1.54, 1.807) is 32.9 Å². The molecule has 1 rings (SSSR count). The van der Waals surface area contributed by atoms with E-state index < -0.39 is 45.7 Å². The Hall–Kier alpha value is -2.66. The van der Waals surface area contributed by atoms with E-state index in [0.717, 1.165) is 5.56 Å². The molecule has 0 heterocycles. The first kappa shape index (κ1) is 29.4. The Morgan fingerprint density at radius 1 is 0.971 bits per heavy atom. The maximum atomic E-state index is 12.3. The van der Waals surface area contributed by atoms with Gasteiger partial charge in [-0.2, -0.15) is 8.42 Å². The van der Waals surface area contributed by atoms with E-state index in [1.165, 1.54) is 26.4 Å². The van der Waals surface area contributed by atoms with Crippen molar-refractivity contribution < 1.29 is 41.2 Å². The Balaban J connectivity index is 2.68. The molecule has 0 radical (unpaired) electrons. The van der Waals surface area contributed by atoms with Crippen LogP contribution in [-0.2, 0) is 38.1 Å². The van der Waals surface area contributed by atoms with Crippen LogP contribution in [0, 0.1) is 12.8 Å². The van der Waals surface area contributed by atoms with Gasteiger partial charge >= 0.3 is 18.0 Å². The number of ether oxygens (including phenoxy) is 3. The highest BCUT2D eigenvalue weighted by molar-refractivity contribution is 7.86. The molecule has 34 heavy (non-hydrogen) atoms. The predicted octanol–water partition coefficient (Wildman–Crippen LogP) is 3.12. The van der Waals surface area contributed by atoms with E-state index >= 15 is 0 Å². The van der Waals surface area contributed by atoms with Crippen LogP contribution in [-0.4, -0.2) is 58.9 Å². The summed E-state index contributed by atoms with van der Waals surface area (Å²) in [5.41, 5.74) is 0.157. The van der Waals surface area contributed by atoms with Gasteiger partial charge in [0.1, 0.15) is 11.6 Å². The number of methoxy groups -OCH3 is 2. The molecule has 10 nitrogen and oxygen atoms in total. The SMILES string of the molecule is COC(=O)C(CCCCOS(=O)(=O)c1ccc(C)cc1)CC(NC(=O)OC(C)(C)C)C(=O)OC. The molecule has 0 spiro atoms. The third-order valence-electron chi connectivity index (χ3n) is 4.73. The third kappa shape index (κ3) is 10.5. The maximum absolute atomic E-state index is 12.3. The summed E-state index contributed by atoms with van der Waals surface area (Å²) in [6.45, 7) is 6.82. The molecule has 0 aromatic heterocycles. The van der Waals surface area contributed by atoms with Crippen molar-refractivity contribution in [1.82, 2.24) is 5.32 Å². The molecule has 11 heteroatoms. The maximum Gasteiger partial charge on any atom is 0.408 e. The van der Waals surface area contributed by atoms with Gasteiger partial charge in [-0.25, -0.2) is 9.59 Å². The second kappa shape index (κ2) is 13.3. The van der Waals surface area contributed by atoms with Crippen molar-refractivity contribution >= 4 is 28.1 Å². The molecule has 0 saturated heterocycles. The summed E-state index contributed by atoms with van der Waals surface area (Å²) in [5, 5.41) is 2.43. The number of aryl methyl sites for hydroxylation is 1. The van der Waals surface area contributed by atoms with Crippen LogP contribution >= 0.6 is 0 Å². The van der Waals surface area contributed by atoms with Crippen molar-refractivity contribution in [3.05, 3.63) is 29.8 Å². The fraction of sp³-hybridized carbons (Fsp3) is 0.609. The molecule has 2 unspecified atom stereocenters. The van der Waals surface area contributed by atoms with Crippen LogP contribution in [0.5, 0.6) is 0 Å². The van der Waals surface area contributed by atoms with Crippen molar-refractivity contribution in [3.8, 4) is 0 Å². The van der Waals surface area contributed by atoms with Gasteiger partial charge in [-0.3, -0.25) is 8.98 Å². The standard InChI is InChI=1S/C23H35NO9S/c1-16-10-12-18(13-11-16)34(28,29)32-14-8-7-9-17(20(25)30-5)15-19(21(26)31-6)24-22(27)33-23(2,3)4/h10-13,17,19H,7-9,14-15H2,1-6H3,(H,24,27). The van der Waals surface area contributed by atoms with Gasteiger partial charge in [0.2, 0.25) is 0 Å². The van der Waals surface area contributed by atoms with Gasteiger partial charge in [0.25, 0.3) is 10.1 Å². The Morgan fingerprint density at radius 2 is 1.56 bits per heavy atom. The lowest BCUT2D eigenvalue weighted by Crippen LogP contribution is -2.45. The zero-order chi connectivity index (χ0) is 25.9. The smallest absolute Gasteiger partial charge is 0.408 e. The minimum Gasteiger partial charge on any atom is -0.469 e. The minimum atomic E-state index is -3.88. The van der Waals surface area contributed by atoms with Crippen LogP contribution < -0.4 is 5.32 Å². The summed E-state index contributed by atoms with van der Waals surface area (Å²) in [7, 11) is -1.48. The largest absolute Gasteiger partial charge is 0.469 e. The van der Waals surface area contributed by atoms with Crippen LogP contribution in [0.1, 0.15) is 52.0 Å². The van der Waals surface area contributed by atoms with Gasteiger partial charge in [-0.05, 0) is 59.1 Å². The summed E-state index contributed by atoms with van der Waals surface area (Å²) >= 11 is 0. The van der Waals surface area contributed by atoms with Crippen molar-refractivity contribution in [2.24, 2.45) is 5.92 Å². The number of hydrogen-bond acceptors (Lipinski definition) is 9. The van der Waals surface area contributed by atoms with Crippen LogP contribution in [0.3, 0.4) is 0 Å². The molecule has 0 bridgehead atoms. The van der Waals surface area contributed by atoms with E-state index in [1.807, 2.05) is 6.92 Å². The molecule has 1 aromatic rings. The molecular weight excluding hydrogens is 466 g/mol. The Kier molecular flexibility index (Phi) is 11.5. The molecule has 0 fully saturated rings. The molecule has 1 N–H and O–H groups in total. The second-order valence-corrected chi connectivity index (χ2v) is 10.4. The highest BCUT2D eigenvalue weighted by atomic mass is 32.2. The number of unbranched alkanes of at least 4 members (excludes halogenated alkanes) is 1. The Labute approximate surface area is 201 Å². The van der Waals surface area contributed by atoms with Crippen LogP contribution in [0.4, 0.5) is 4.79 Å². The van der Waals surface area contributed by atoms with Gasteiger partial charge in [-0.15, -0.1) is 0 Å². The summed E-state index contributed by atoms with van der Waals surface area (Å²) in [4.78, 5) is 36.6. The zero-order valence-corrected chi connectivity index (χ0v) is 21.4.